The summed E-state index contributed by atoms with van der Waals surface area (Å²) in [4.78, 5) is 21.2. The zero-order chi connectivity index (χ0) is 21.5. The molecule has 0 radical (unpaired) electrons. The molecule has 1 aromatic carbocycles. The monoisotopic (exact) mass is 562 g/mol. The first-order chi connectivity index (χ1) is 14.5. The molecule has 6 nitrogen and oxygen atoms in total. The van der Waals surface area contributed by atoms with Crippen molar-refractivity contribution >= 4 is 47.5 Å². The summed E-state index contributed by atoms with van der Waals surface area (Å²) in [7, 11) is 4.04. The molecule has 0 bridgehead atoms. The van der Waals surface area contributed by atoms with Gasteiger partial charge in [0.25, 0.3) is 0 Å². The fourth-order valence-corrected chi connectivity index (χ4v) is 5.03. The topological polar surface area (TPSA) is 57.2 Å². The standard InChI is InChI=1S/C23H35ClN4O2.HI/c1-4-30-22(29)17-10-13-28(14-11-17)23(25-2)26-16-19-8-6-12-27(3)21(19)18-7-5-9-20(24)15-18;/h5,7,9,15,17,19,21H,4,6,8,10-14,16H2,1-3H3,(H,25,26);1H. The second-order valence-electron chi connectivity index (χ2n) is 8.32. The summed E-state index contributed by atoms with van der Waals surface area (Å²) < 4.78 is 5.19. The number of esters is 1. The summed E-state index contributed by atoms with van der Waals surface area (Å²) >= 11 is 6.27. The predicted molar refractivity (Wildman–Crippen MR) is 137 cm³/mol. The van der Waals surface area contributed by atoms with Crippen LogP contribution in [-0.4, -0.2) is 68.6 Å². The number of nitrogens with one attached hydrogen (secondary N) is 1. The minimum Gasteiger partial charge on any atom is -0.466 e. The zero-order valence-corrected chi connectivity index (χ0v) is 21.9. The average Bonchev–Trinajstić information content (AvgIpc) is 2.75. The van der Waals surface area contributed by atoms with Gasteiger partial charge in [0.1, 0.15) is 0 Å². The van der Waals surface area contributed by atoms with Crippen molar-refractivity contribution in [3.05, 3.63) is 34.9 Å². The molecular formula is C23H36ClIN4O2. The summed E-state index contributed by atoms with van der Waals surface area (Å²) in [6.45, 7) is 5.93. The highest BCUT2D eigenvalue weighted by Crippen LogP contribution is 2.35. The summed E-state index contributed by atoms with van der Waals surface area (Å²) in [6, 6.07) is 8.59. The van der Waals surface area contributed by atoms with Gasteiger partial charge in [0.05, 0.1) is 12.5 Å². The van der Waals surface area contributed by atoms with Gasteiger partial charge in [-0.25, -0.2) is 0 Å². The van der Waals surface area contributed by atoms with Gasteiger partial charge in [-0.3, -0.25) is 14.7 Å². The SMILES string of the molecule is CCOC(=O)C1CCN(C(=NC)NCC2CCCN(C)C2c2cccc(Cl)c2)CC1.I. The van der Waals surface area contributed by atoms with Crippen molar-refractivity contribution in [2.45, 2.75) is 38.6 Å². The third kappa shape index (κ3) is 6.96. The number of hydrogen-bond acceptors (Lipinski definition) is 4. The van der Waals surface area contributed by atoms with Gasteiger partial charge < -0.3 is 15.0 Å². The van der Waals surface area contributed by atoms with Crippen LogP contribution in [0.25, 0.3) is 0 Å². The molecule has 3 rings (SSSR count). The van der Waals surface area contributed by atoms with Crippen molar-refractivity contribution in [3.63, 3.8) is 0 Å². The molecule has 8 heteroatoms. The number of piperidine rings is 2. The number of likely N-dealkylation sites (tertiary alicyclic amines) is 2. The van der Waals surface area contributed by atoms with Crippen molar-refractivity contribution in [1.82, 2.24) is 15.1 Å². The van der Waals surface area contributed by atoms with Gasteiger partial charge in [0, 0.05) is 37.7 Å². The molecule has 2 aliphatic rings. The fourth-order valence-electron chi connectivity index (χ4n) is 4.83. The molecule has 0 spiro atoms. The number of benzene rings is 1. The van der Waals surface area contributed by atoms with E-state index in [4.69, 9.17) is 16.3 Å². The van der Waals surface area contributed by atoms with Crippen LogP contribution in [0.3, 0.4) is 0 Å². The van der Waals surface area contributed by atoms with E-state index in [0.29, 0.717) is 18.6 Å². The second kappa shape index (κ2) is 12.8. The number of ether oxygens (including phenoxy) is 1. The van der Waals surface area contributed by atoms with E-state index in [0.717, 1.165) is 50.0 Å². The predicted octanol–water partition coefficient (Wildman–Crippen LogP) is 4.19. The molecule has 1 aromatic rings. The molecule has 0 amide bonds. The summed E-state index contributed by atoms with van der Waals surface area (Å²) in [5.41, 5.74) is 1.28. The Morgan fingerprint density at radius 1 is 1.26 bits per heavy atom. The summed E-state index contributed by atoms with van der Waals surface area (Å²) in [5.74, 6) is 1.36. The summed E-state index contributed by atoms with van der Waals surface area (Å²) in [6.07, 6.45) is 4.01. The van der Waals surface area contributed by atoms with E-state index in [-0.39, 0.29) is 35.9 Å². The van der Waals surface area contributed by atoms with Crippen molar-refractivity contribution in [2.24, 2.45) is 16.8 Å². The van der Waals surface area contributed by atoms with Gasteiger partial charge in [-0.1, -0.05) is 23.7 Å². The maximum atomic E-state index is 12.0. The molecule has 1 N–H and O–H groups in total. The van der Waals surface area contributed by atoms with Gasteiger partial charge in [-0.15, -0.1) is 24.0 Å². The van der Waals surface area contributed by atoms with Crippen molar-refractivity contribution in [3.8, 4) is 0 Å². The lowest BCUT2D eigenvalue weighted by Crippen LogP contribution is -2.49. The minimum atomic E-state index is -0.0605. The van der Waals surface area contributed by atoms with Crippen LogP contribution in [0.2, 0.25) is 5.02 Å². The van der Waals surface area contributed by atoms with Crippen LogP contribution >= 0.6 is 35.6 Å². The quantitative estimate of drug-likeness (QED) is 0.252. The van der Waals surface area contributed by atoms with Crippen LogP contribution in [0.15, 0.2) is 29.3 Å². The first-order valence-corrected chi connectivity index (χ1v) is 11.5. The van der Waals surface area contributed by atoms with E-state index in [1.807, 2.05) is 26.1 Å². The van der Waals surface area contributed by atoms with Gasteiger partial charge in [0.2, 0.25) is 0 Å². The van der Waals surface area contributed by atoms with Crippen LogP contribution < -0.4 is 5.32 Å². The van der Waals surface area contributed by atoms with Gasteiger partial charge >= 0.3 is 5.97 Å². The first kappa shape index (κ1) is 26.2. The number of guanidine groups is 1. The van der Waals surface area contributed by atoms with E-state index in [9.17, 15) is 4.79 Å². The number of nitrogens with zero attached hydrogens (tertiary/aromatic N) is 3. The highest BCUT2D eigenvalue weighted by Gasteiger charge is 2.32. The number of aliphatic imine (C=N–C) groups is 1. The molecule has 31 heavy (non-hydrogen) atoms. The average molecular weight is 563 g/mol. The number of rotatable bonds is 5. The number of halogens is 2. The van der Waals surface area contributed by atoms with Crippen LogP contribution in [0.5, 0.6) is 0 Å². The first-order valence-electron chi connectivity index (χ1n) is 11.1. The van der Waals surface area contributed by atoms with Gasteiger partial charge in [-0.2, -0.15) is 0 Å². The Kier molecular flexibility index (Phi) is 10.9. The van der Waals surface area contributed by atoms with E-state index < -0.39 is 0 Å². The normalized spacial score (nSPS) is 23.2. The molecule has 2 unspecified atom stereocenters. The number of carbonyl (C=O) groups excluding carboxylic acids is 1. The van der Waals surface area contributed by atoms with Gasteiger partial charge in [-0.05, 0) is 69.8 Å². The van der Waals surface area contributed by atoms with Crippen LogP contribution in [-0.2, 0) is 9.53 Å². The molecule has 0 saturated carbocycles. The molecule has 0 aromatic heterocycles. The largest absolute Gasteiger partial charge is 0.466 e. The molecule has 0 aliphatic carbocycles. The Morgan fingerprint density at radius 3 is 2.65 bits per heavy atom. The maximum Gasteiger partial charge on any atom is 0.309 e. The van der Waals surface area contributed by atoms with Crippen molar-refractivity contribution < 1.29 is 9.53 Å². The van der Waals surface area contributed by atoms with Gasteiger partial charge in [0.15, 0.2) is 5.96 Å². The molecule has 2 heterocycles. The third-order valence-corrected chi connectivity index (χ3v) is 6.58. The van der Waals surface area contributed by atoms with E-state index in [2.05, 4.69) is 39.3 Å². The van der Waals surface area contributed by atoms with Crippen LogP contribution in [0.1, 0.15) is 44.2 Å². The highest BCUT2D eigenvalue weighted by molar-refractivity contribution is 14.0. The maximum absolute atomic E-state index is 12.0. The second-order valence-corrected chi connectivity index (χ2v) is 8.76. The van der Waals surface area contributed by atoms with E-state index >= 15 is 0 Å². The molecule has 2 fully saturated rings. The fraction of sp³-hybridized carbons (Fsp3) is 0.652. The number of carbonyl (C=O) groups is 1. The Hall–Kier alpha value is -1.06. The highest BCUT2D eigenvalue weighted by atomic mass is 127. The van der Waals surface area contributed by atoms with Crippen molar-refractivity contribution in [2.75, 3.05) is 46.9 Å². The molecule has 2 saturated heterocycles. The van der Waals surface area contributed by atoms with E-state index in [1.54, 1.807) is 0 Å². The third-order valence-electron chi connectivity index (χ3n) is 6.35. The van der Waals surface area contributed by atoms with Crippen LogP contribution in [0.4, 0.5) is 0 Å². The van der Waals surface area contributed by atoms with Crippen molar-refractivity contribution in [1.29, 1.82) is 0 Å². The zero-order valence-electron chi connectivity index (χ0n) is 18.8. The minimum absolute atomic E-state index is 0. The lowest BCUT2D eigenvalue weighted by Gasteiger charge is -2.40. The molecule has 2 atom stereocenters. The lowest BCUT2D eigenvalue weighted by atomic mass is 9.85. The van der Waals surface area contributed by atoms with Crippen LogP contribution in [0, 0.1) is 11.8 Å². The number of hydrogen-bond donors (Lipinski definition) is 1. The van der Waals surface area contributed by atoms with E-state index in [1.165, 1.54) is 18.4 Å². The lowest BCUT2D eigenvalue weighted by molar-refractivity contribution is -0.149. The molecular weight excluding hydrogens is 527 g/mol. The smallest absolute Gasteiger partial charge is 0.309 e. The Morgan fingerprint density at radius 2 is 2.00 bits per heavy atom. The molecule has 174 valence electrons. The molecule has 2 aliphatic heterocycles. The Bertz CT molecular complexity index is 740. The Balaban J connectivity index is 0.00000341. The summed E-state index contributed by atoms with van der Waals surface area (Å²) in [5, 5.41) is 4.40. The Labute approximate surface area is 208 Å².